The third kappa shape index (κ3) is 7.55. The van der Waals surface area contributed by atoms with Crippen LogP contribution in [-0.4, -0.2) is 39.3 Å². The van der Waals surface area contributed by atoms with Gasteiger partial charge in [0, 0.05) is 24.2 Å². The van der Waals surface area contributed by atoms with Gasteiger partial charge >= 0.3 is 6.18 Å². The van der Waals surface area contributed by atoms with Crippen LogP contribution in [0.2, 0.25) is 0 Å². The van der Waals surface area contributed by atoms with Crippen molar-refractivity contribution in [1.29, 1.82) is 0 Å². The normalized spacial score (nSPS) is 14.8. The highest BCUT2D eigenvalue weighted by Crippen LogP contribution is 2.36. The van der Waals surface area contributed by atoms with Crippen LogP contribution in [0.25, 0.3) is 0 Å². The number of hydrogen-bond acceptors (Lipinski definition) is 6. The van der Waals surface area contributed by atoms with E-state index in [-0.39, 0.29) is 0 Å². The van der Waals surface area contributed by atoms with Crippen molar-refractivity contribution >= 4 is 12.0 Å². The number of ether oxygens (including phenoxy) is 3. The van der Waals surface area contributed by atoms with Crippen LogP contribution in [0.5, 0.6) is 11.5 Å². The summed E-state index contributed by atoms with van der Waals surface area (Å²) < 4.78 is 56.4. The van der Waals surface area contributed by atoms with Gasteiger partial charge in [-0.25, -0.2) is 0 Å². The van der Waals surface area contributed by atoms with Crippen LogP contribution < -0.4 is 20.1 Å². The molecule has 1 heterocycles. The first-order valence-electron chi connectivity index (χ1n) is 13.4. The first-order valence-corrected chi connectivity index (χ1v) is 13.4. The molecule has 6 nitrogen and oxygen atoms in total. The fourth-order valence-corrected chi connectivity index (χ4v) is 4.94. The van der Waals surface area contributed by atoms with E-state index >= 15 is 0 Å². The fraction of sp³-hybridized carbons (Fsp3) is 0.387. The molecule has 0 bridgehead atoms. The number of nitrogens with zero attached hydrogens (tertiary/aromatic N) is 1. The van der Waals surface area contributed by atoms with Gasteiger partial charge < -0.3 is 29.6 Å². The number of halogens is 3. The van der Waals surface area contributed by atoms with Crippen LogP contribution in [0.4, 0.5) is 18.9 Å². The summed E-state index contributed by atoms with van der Waals surface area (Å²) in [6.45, 7) is 2.10. The van der Waals surface area contributed by atoms with Crippen molar-refractivity contribution in [2.24, 2.45) is 11.7 Å². The molecule has 1 aliphatic rings. The number of carbonyl (C=O) groups excluding carboxylic acids is 1. The predicted molar refractivity (Wildman–Crippen MR) is 148 cm³/mol. The van der Waals surface area contributed by atoms with Gasteiger partial charge in [-0.15, -0.1) is 0 Å². The lowest BCUT2D eigenvalue weighted by Gasteiger charge is -2.38. The minimum absolute atomic E-state index is 0.411. The monoisotopic (exact) mass is 556 g/mol. The number of para-hydroxylation sites is 1. The molecule has 0 saturated carbocycles. The molecule has 0 fully saturated rings. The van der Waals surface area contributed by atoms with Gasteiger partial charge in [-0.05, 0) is 66.8 Å². The van der Waals surface area contributed by atoms with Crippen LogP contribution in [-0.2, 0) is 35.2 Å². The first-order chi connectivity index (χ1) is 19.3. The zero-order valence-corrected chi connectivity index (χ0v) is 22.5. The van der Waals surface area contributed by atoms with Crippen LogP contribution >= 0.6 is 0 Å². The third-order valence-corrected chi connectivity index (χ3v) is 7.08. The van der Waals surface area contributed by atoms with Gasteiger partial charge in [0.1, 0.15) is 17.8 Å². The summed E-state index contributed by atoms with van der Waals surface area (Å²) in [5, 5.41) is 0. The maximum Gasteiger partial charge on any atom is 0.416 e. The molecule has 3 aromatic rings. The minimum Gasteiger partial charge on any atom is -0.496 e. The topological polar surface area (TPSA) is 74.0 Å². The van der Waals surface area contributed by atoms with Crippen LogP contribution in [0, 0.1) is 5.92 Å². The van der Waals surface area contributed by atoms with Crippen molar-refractivity contribution in [1.82, 2.24) is 0 Å². The van der Waals surface area contributed by atoms with E-state index in [1.165, 1.54) is 12.1 Å². The smallest absolute Gasteiger partial charge is 0.416 e. The zero-order chi connectivity index (χ0) is 28.5. The number of benzene rings is 3. The van der Waals surface area contributed by atoms with E-state index < -0.39 is 23.8 Å². The average Bonchev–Trinajstić information content (AvgIpc) is 2.97. The molecule has 0 amide bonds. The molecular weight excluding hydrogens is 521 g/mol. The molecule has 0 saturated heterocycles. The second kappa shape index (κ2) is 13.7. The van der Waals surface area contributed by atoms with E-state index in [9.17, 15) is 18.0 Å². The van der Waals surface area contributed by atoms with E-state index in [0.717, 1.165) is 35.6 Å². The zero-order valence-electron chi connectivity index (χ0n) is 22.5. The summed E-state index contributed by atoms with van der Waals surface area (Å²) >= 11 is 0. The quantitative estimate of drug-likeness (QED) is 0.212. The fourth-order valence-electron chi connectivity index (χ4n) is 4.94. The average molecular weight is 557 g/mol. The Balaban J connectivity index is 1.26. The molecule has 3 aromatic carbocycles. The number of carbonyl (C=O) groups is 1. The largest absolute Gasteiger partial charge is 0.496 e. The number of aryl methyl sites for hydroxylation is 1. The maximum atomic E-state index is 13.2. The predicted octanol–water partition coefficient (Wildman–Crippen LogP) is 5.79. The molecular formula is C31H35F3N2O4. The van der Waals surface area contributed by atoms with Crippen LogP contribution in [0.3, 0.4) is 0 Å². The highest BCUT2D eigenvalue weighted by Gasteiger charge is 2.33. The lowest BCUT2D eigenvalue weighted by molar-refractivity contribution is -0.137. The summed E-state index contributed by atoms with van der Waals surface area (Å²) in [5.41, 5.74) is 9.02. The summed E-state index contributed by atoms with van der Waals surface area (Å²) in [6.07, 6.45) is -1.87. The van der Waals surface area contributed by atoms with Crippen molar-refractivity contribution in [3.05, 3.63) is 89.0 Å². The number of methoxy groups -OCH3 is 1. The third-order valence-electron chi connectivity index (χ3n) is 7.08. The van der Waals surface area contributed by atoms with E-state index in [0.29, 0.717) is 62.6 Å². The second-order valence-corrected chi connectivity index (χ2v) is 9.84. The van der Waals surface area contributed by atoms with Gasteiger partial charge in [-0.3, -0.25) is 0 Å². The molecule has 1 aliphatic heterocycles. The maximum absolute atomic E-state index is 13.2. The van der Waals surface area contributed by atoms with Crippen molar-refractivity contribution in [2.45, 2.75) is 44.6 Å². The molecule has 9 heteroatoms. The number of alkyl halides is 3. The molecule has 0 aliphatic carbocycles. The van der Waals surface area contributed by atoms with Crippen molar-refractivity contribution in [3.8, 4) is 11.5 Å². The molecule has 0 radical (unpaired) electrons. The minimum atomic E-state index is -4.40. The van der Waals surface area contributed by atoms with Gasteiger partial charge in [0.2, 0.25) is 0 Å². The Hall–Kier alpha value is -3.56. The van der Waals surface area contributed by atoms with E-state index in [4.69, 9.17) is 19.9 Å². The van der Waals surface area contributed by atoms with Gasteiger partial charge in [0.15, 0.2) is 0 Å². The van der Waals surface area contributed by atoms with Crippen LogP contribution in [0.15, 0.2) is 66.7 Å². The van der Waals surface area contributed by atoms with Crippen LogP contribution in [0.1, 0.15) is 35.1 Å². The highest BCUT2D eigenvalue weighted by molar-refractivity contribution is 5.62. The summed E-state index contributed by atoms with van der Waals surface area (Å²) in [5.74, 6) is 0.989. The molecule has 2 N–H and O–H groups in total. The number of fused-ring (bicyclic) bond motifs is 1. The Morgan fingerprint density at radius 3 is 2.55 bits per heavy atom. The van der Waals surface area contributed by atoms with Gasteiger partial charge in [-0.2, -0.15) is 13.2 Å². The molecule has 2 unspecified atom stereocenters. The number of anilines is 1. The Kier molecular flexibility index (Phi) is 10.1. The lowest BCUT2D eigenvalue weighted by atomic mass is 9.93. The van der Waals surface area contributed by atoms with E-state index in [1.54, 1.807) is 7.11 Å². The summed E-state index contributed by atoms with van der Waals surface area (Å²) in [6, 6.07) is 19.0. The van der Waals surface area contributed by atoms with Crippen molar-refractivity contribution in [2.75, 3.05) is 31.8 Å². The Morgan fingerprint density at radius 1 is 1.05 bits per heavy atom. The first kappa shape index (κ1) is 29.4. The van der Waals surface area contributed by atoms with Gasteiger partial charge in [0.05, 0.1) is 44.6 Å². The SMILES string of the molecule is COc1ccccc1COCCCOc1ccc(CC(C=O)C(N)N2CCCc3cc(C(F)(F)F)ccc32)cc1. The Morgan fingerprint density at radius 2 is 1.82 bits per heavy atom. The number of aldehydes is 1. The molecule has 4 rings (SSSR count). The molecule has 0 spiro atoms. The number of rotatable bonds is 13. The molecule has 40 heavy (non-hydrogen) atoms. The molecule has 214 valence electrons. The highest BCUT2D eigenvalue weighted by atomic mass is 19.4. The molecule has 2 atom stereocenters. The van der Waals surface area contributed by atoms with Gasteiger partial charge in [0.25, 0.3) is 0 Å². The standard InChI is InChI=1S/C31H35F3N2O4/c1-38-29-8-3-2-6-24(29)21-39-16-5-17-40-27-12-9-22(10-13-27)18-25(20-37)30(35)36-15-4-7-23-19-26(31(32,33)34)11-14-28(23)36/h2-3,6,8-14,19-20,25,30H,4-5,7,15-18,21,35H2,1H3. The Labute approximate surface area is 232 Å². The Bertz CT molecular complexity index is 1250. The summed E-state index contributed by atoms with van der Waals surface area (Å²) in [4.78, 5) is 13.9. The van der Waals surface area contributed by atoms with Crippen molar-refractivity contribution < 1.29 is 32.2 Å². The van der Waals surface area contributed by atoms with Crippen molar-refractivity contribution in [3.63, 3.8) is 0 Å². The number of nitrogens with two attached hydrogens (primary N) is 1. The second-order valence-electron chi connectivity index (χ2n) is 9.84. The molecule has 0 aromatic heterocycles. The summed E-state index contributed by atoms with van der Waals surface area (Å²) in [7, 11) is 1.64. The van der Waals surface area contributed by atoms with Gasteiger partial charge in [-0.1, -0.05) is 30.3 Å². The number of hydrogen-bond donors (Lipinski definition) is 1. The van der Waals surface area contributed by atoms with E-state index in [1.807, 2.05) is 53.4 Å². The lowest BCUT2D eigenvalue weighted by Crippen LogP contribution is -2.50. The van der Waals surface area contributed by atoms with E-state index in [2.05, 4.69) is 0 Å².